The lowest BCUT2D eigenvalue weighted by molar-refractivity contribution is -0.147. The highest BCUT2D eigenvalue weighted by atomic mass is 16.5. The number of esters is 1. The van der Waals surface area contributed by atoms with Gasteiger partial charge in [0.15, 0.2) is 0 Å². The summed E-state index contributed by atoms with van der Waals surface area (Å²) >= 11 is 0. The number of carbonyl (C=O) groups is 1. The second kappa shape index (κ2) is 10.6. The van der Waals surface area contributed by atoms with Gasteiger partial charge in [-0.3, -0.25) is 4.79 Å². The van der Waals surface area contributed by atoms with Crippen molar-refractivity contribution < 1.29 is 19.7 Å². The van der Waals surface area contributed by atoms with Gasteiger partial charge in [-0.25, -0.2) is 0 Å². The fourth-order valence-electron chi connectivity index (χ4n) is 1.19. The van der Waals surface area contributed by atoms with Crippen LogP contribution >= 0.6 is 0 Å². The molecule has 0 heterocycles. The molecule has 0 saturated heterocycles. The Labute approximate surface area is 96.9 Å². The first-order valence-corrected chi connectivity index (χ1v) is 5.76. The summed E-state index contributed by atoms with van der Waals surface area (Å²) in [7, 11) is 0. The van der Waals surface area contributed by atoms with Gasteiger partial charge in [-0.1, -0.05) is 18.6 Å². The Morgan fingerprint density at radius 1 is 1.38 bits per heavy atom. The standard InChI is InChI=1S/C12H22O4/c1-2-3-4-5-6-7-8-12(15)16-10-11(14)9-13/h2-3,11,13-14H,4-10H2,1H3/b3-2-/t11-/m0/s1. The van der Waals surface area contributed by atoms with Crippen LogP contribution in [0.3, 0.4) is 0 Å². The molecule has 0 radical (unpaired) electrons. The average molecular weight is 230 g/mol. The summed E-state index contributed by atoms with van der Waals surface area (Å²) in [6.45, 7) is 1.49. The van der Waals surface area contributed by atoms with E-state index in [1.165, 1.54) is 0 Å². The number of unbranched alkanes of at least 4 members (excludes halogenated alkanes) is 3. The predicted octanol–water partition coefficient (Wildman–Crippen LogP) is 1.41. The monoisotopic (exact) mass is 230 g/mol. The summed E-state index contributed by atoms with van der Waals surface area (Å²) in [6.07, 6.45) is 7.49. The van der Waals surface area contributed by atoms with E-state index in [9.17, 15) is 4.79 Å². The Balaban J connectivity index is 3.30. The Morgan fingerprint density at radius 3 is 2.75 bits per heavy atom. The van der Waals surface area contributed by atoms with Crippen LogP contribution in [0.5, 0.6) is 0 Å². The summed E-state index contributed by atoms with van der Waals surface area (Å²) in [5.74, 6) is -0.307. The second-order valence-corrected chi connectivity index (χ2v) is 3.69. The van der Waals surface area contributed by atoms with Gasteiger partial charge in [0.05, 0.1) is 6.61 Å². The van der Waals surface area contributed by atoms with Crippen molar-refractivity contribution in [1.82, 2.24) is 0 Å². The molecular weight excluding hydrogens is 208 g/mol. The molecule has 0 fully saturated rings. The van der Waals surface area contributed by atoms with Gasteiger partial charge >= 0.3 is 5.97 Å². The lowest BCUT2D eigenvalue weighted by Crippen LogP contribution is -2.21. The van der Waals surface area contributed by atoms with Gasteiger partial charge in [-0.15, -0.1) is 0 Å². The summed E-state index contributed by atoms with van der Waals surface area (Å²) in [5, 5.41) is 17.4. The van der Waals surface area contributed by atoms with Crippen LogP contribution in [0.25, 0.3) is 0 Å². The van der Waals surface area contributed by atoms with E-state index in [0.29, 0.717) is 6.42 Å². The van der Waals surface area contributed by atoms with Gasteiger partial charge in [-0.05, 0) is 26.2 Å². The fraction of sp³-hybridized carbons (Fsp3) is 0.750. The van der Waals surface area contributed by atoms with Gasteiger partial charge in [-0.2, -0.15) is 0 Å². The Morgan fingerprint density at radius 2 is 2.12 bits per heavy atom. The highest BCUT2D eigenvalue weighted by Crippen LogP contribution is 2.04. The quantitative estimate of drug-likeness (QED) is 0.357. The largest absolute Gasteiger partial charge is 0.463 e. The SMILES string of the molecule is C/C=C\CCCCCC(=O)OC[C@@H](O)CO. The van der Waals surface area contributed by atoms with Crippen molar-refractivity contribution in [2.24, 2.45) is 0 Å². The van der Waals surface area contributed by atoms with Crippen molar-refractivity contribution in [2.45, 2.75) is 45.1 Å². The maximum Gasteiger partial charge on any atom is 0.305 e. The number of aliphatic hydroxyl groups is 2. The molecule has 4 nitrogen and oxygen atoms in total. The van der Waals surface area contributed by atoms with E-state index < -0.39 is 6.10 Å². The number of ether oxygens (including phenoxy) is 1. The van der Waals surface area contributed by atoms with Gasteiger partial charge in [0.25, 0.3) is 0 Å². The zero-order chi connectivity index (χ0) is 12.2. The minimum atomic E-state index is -0.960. The predicted molar refractivity (Wildman–Crippen MR) is 62.0 cm³/mol. The van der Waals surface area contributed by atoms with E-state index in [0.717, 1.165) is 25.7 Å². The van der Waals surface area contributed by atoms with E-state index in [1.807, 2.05) is 13.0 Å². The molecule has 0 aromatic rings. The molecular formula is C12H22O4. The van der Waals surface area contributed by atoms with Crippen molar-refractivity contribution >= 4 is 5.97 Å². The van der Waals surface area contributed by atoms with E-state index in [2.05, 4.69) is 6.08 Å². The first kappa shape index (κ1) is 15.1. The lowest BCUT2D eigenvalue weighted by atomic mass is 10.1. The molecule has 0 spiro atoms. The van der Waals surface area contributed by atoms with Crippen molar-refractivity contribution in [1.29, 1.82) is 0 Å². The van der Waals surface area contributed by atoms with Crippen LogP contribution in [-0.4, -0.2) is 35.5 Å². The molecule has 16 heavy (non-hydrogen) atoms. The molecule has 0 aromatic heterocycles. The molecule has 0 saturated carbocycles. The molecule has 0 aliphatic carbocycles. The van der Waals surface area contributed by atoms with Crippen molar-refractivity contribution in [3.8, 4) is 0 Å². The van der Waals surface area contributed by atoms with Crippen molar-refractivity contribution in [2.75, 3.05) is 13.2 Å². The summed E-state index contributed by atoms with van der Waals surface area (Å²) in [4.78, 5) is 11.1. The third kappa shape index (κ3) is 9.68. The summed E-state index contributed by atoms with van der Waals surface area (Å²) in [5.41, 5.74) is 0. The fourth-order valence-corrected chi connectivity index (χ4v) is 1.19. The third-order valence-electron chi connectivity index (χ3n) is 2.13. The zero-order valence-electron chi connectivity index (χ0n) is 9.89. The molecule has 0 rings (SSSR count). The summed E-state index contributed by atoms with van der Waals surface area (Å²) < 4.78 is 4.76. The van der Waals surface area contributed by atoms with Crippen molar-refractivity contribution in [3.63, 3.8) is 0 Å². The lowest BCUT2D eigenvalue weighted by Gasteiger charge is -2.08. The van der Waals surface area contributed by atoms with Crippen LogP contribution in [0.15, 0.2) is 12.2 Å². The third-order valence-corrected chi connectivity index (χ3v) is 2.13. The van der Waals surface area contributed by atoms with E-state index in [-0.39, 0.29) is 19.2 Å². The second-order valence-electron chi connectivity index (χ2n) is 3.69. The molecule has 0 bridgehead atoms. The first-order valence-electron chi connectivity index (χ1n) is 5.76. The molecule has 2 N–H and O–H groups in total. The molecule has 94 valence electrons. The minimum Gasteiger partial charge on any atom is -0.463 e. The zero-order valence-corrected chi connectivity index (χ0v) is 9.89. The molecule has 0 amide bonds. The first-order chi connectivity index (χ1) is 7.70. The topological polar surface area (TPSA) is 66.8 Å². The molecule has 4 heteroatoms. The number of hydrogen-bond acceptors (Lipinski definition) is 4. The van der Waals surface area contributed by atoms with Gasteiger partial charge in [0.2, 0.25) is 0 Å². The van der Waals surface area contributed by atoms with Crippen LogP contribution < -0.4 is 0 Å². The number of carbonyl (C=O) groups excluding carboxylic acids is 1. The Kier molecular flexibility index (Phi) is 10.1. The molecule has 0 unspecified atom stereocenters. The Bertz CT molecular complexity index is 201. The molecule has 1 atom stereocenters. The highest BCUT2D eigenvalue weighted by molar-refractivity contribution is 5.69. The maximum absolute atomic E-state index is 11.1. The van der Waals surface area contributed by atoms with E-state index in [4.69, 9.17) is 14.9 Å². The minimum absolute atomic E-state index is 0.117. The number of allylic oxidation sites excluding steroid dienone is 2. The van der Waals surface area contributed by atoms with E-state index in [1.54, 1.807) is 0 Å². The van der Waals surface area contributed by atoms with Gasteiger partial charge < -0.3 is 14.9 Å². The molecule has 0 aliphatic heterocycles. The Hall–Kier alpha value is -0.870. The van der Waals surface area contributed by atoms with Gasteiger partial charge in [0.1, 0.15) is 12.7 Å². The van der Waals surface area contributed by atoms with Crippen LogP contribution in [-0.2, 0) is 9.53 Å². The summed E-state index contributed by atoms with van der Waals surface area (Å²) in [6, 6.07) is 0. The molecule has 0 aromatic carbocycles. The van der Waals surface area contributed by atoms with Crippen LogP contribution in [0.2, 0.25) is 0 Å². The normalized spacial score (nSPS) is 12.9. The molecule has 0 aliphatic rings. The van der Waals surface area contributed by atoms with Crippen molar-refractivity contribution in [3.05, 3.63) is 12.2 Å². The van der Waals surface area contributed by atoms with Crippen LogP contribution in [0, 0.1) is 0 Å². The van der Waals surface area contributed by atoms with Crippen LogP contribution in [0.4, 0.5) is 0 Å². The smallest absolute Gasteiger partial charge is 0.305 e. The number of hydrogen-bond donors (Lipinski definition) is 2. The number of rotatable bonds is 9. The number of aliphatic hydroxyl groups excluding tert-OH is 2. The maximum atomic E-state index is 11.1. The van der Waals surface area contributed by atoms with Gasteiger partial charge in [0, 0.05) is 6.42 Å². The van der Waals surface area contributed by atoms with Crippen LogP contribution in [0.1, 0.15) is 39.0 Å². The average Bonchev–Trinajstić information content (AvgIpc) is 2.30. The van der Waals surface area contributed by atoms with E-state index >= 15 is 0 Å². The highest BCUT2D eigenvalue weighted by Gasteiger charge is 2.06.